The van der Waals surface area contributed by atoms with Crippen molar-refractivity contribution in [3.8, 4) is 0 Å². The van der Waals surface area contributed by atoms with Gasteiger partial charge in [-0.1, -0.05) is 6.92 Å². The van der Waals surface area contributed by atoms with E-state index in [4.69, 9.17) is 5.73 Å². The van der Waals surface area contributed by atoms with Crippen LogP contribution in [0.4, 0.5) is 11.4 Å². The summed E-state index contributed by atoms with van der Waals surface area (Å²) in [6, 6.07) is 3.49. The summed E-state index contributed by atoms with van der Waals surface area (Å²) in [5.74, 6) is 0. The largest absolute Gasteiger partial charge is 0.399 e. The summed E-state index contributed by atoms with van der Waals surface area (Å²) in [6.45, 7) is 3.41. The van der Waals surface area contributed by atoms with Crippen molar-refractivity contribution in [3.63, 3.8) is 0 Å². The van der Waals surface area contributed by atoms with Gasteiger partial charge in [-0.25, -0.2) is 13.1 Å². The Morgan fingerprint density at radius 2 is 2.10 bits per heavy atom. The first kappa shape index (κ1) is 16.3. The first-order valence-corrected chi connectivity index (χ1v) is 7.48. The third-order valence-corrected chi connectivity index (χ3v) is 4.30. The molecule has 20 heavy (non-hydrogen) atoms. The maximum atomic E-state index is 12.1. The molecule has 0 saturated heterocycles. The molecule has 0 bridgehead atoms. The molecule has 0 aliphatic heterocycles. The summed E-state index contributed by atoms with van der Waals surface area (Å²) in [6.07, 6.45) is 0. The van der Waals surface area contributed by atoms with Crippen molar-refractivity contribution in [2.75, 3.05) is 32.4 Å². The number of hydrogen-bond acceptors (Lipinski definition) is 6. The summed E-state index contributed by atoms with van der Waals surface area (Å²) in [7, 11) is -2.08. The number of hydrogen-bond donors (Lipinski definition) is 2. The molecule has 1 aromatic carbocycles. The van der Waals surface area contributed by atoms with E-state index < -0.39 is 20.6 Å². The number of nitrogens with zero attached hydrogens (tertiary/aromatic N) is 2. The minimum absolute atomic E-state index is 0.140. The van der Waals surface area contributed by atoms with E-state index in [2.05, 4.69) is 4.72 Å². The fraction of sp³-hybridized carbons (Fsp3) is 0.455. The topological polar surface area (TPSA) is 119 Å². The van der Waals surface area contributed by atoms with Crippen LogP contribution < -0.4 is 10.5 Å². The summed E-state index contributed by atoms with van der Waals surface area (Å²) in [4.78, 5) is 11.7. The first-order valence-electron chi connectivity index (χ1n) is 6.00. The van der Waals surface area contributed by atoms with Crippen LogP contribution in [-0.2, 0) is 10.0 Å². The number of anilines is 1. The quantitative estimate of drug-likeness (QED) is 0.428. The average molecular weight is 302 g/mol. The lowest BCUT2D eigenvalue weighted by Crippen LogP contribution is -2.33. The van der Waals surface area contributed by atoms with Gasteiger partial charge in [-0.3, -0.25) is 10.1 Å². The Bertz CT molecular complexity index is 588. The van der Waals surface area contributed by atoms with Crippen molar-refractivity contribution >= 4 is 21.4 Å². The molecule has 0 spiro atoms. The third-order valence-electron chi connectivity index (χ3n) is 2.79. The summed E-state index contributed by atoms with van der Waals surface area (Å²) in [5.41, 5.74) is 5.05. The highest BCUT2D eigenvalue weighted by molar-refractivity contribution is 7.89. The first-order chi connectivity index (χ1) is 9.27. The van der Waals surface area contributed by atoms with Crippen molar-refractivity contribution in [2.45, 2.75) is 11.8 Å². The number of sulfonamides is 1. The van der Waals surface area contributed by atoms with Gasteiger partial charge in [0.2, 0.25) is 10.0 Å². The van der Waals surface area contributed by atoms with Crippen molar-refractivity contribution in [2.24, 2.45) is 0 Å². The second-order valence-electron chi connectivity index (χ2n) is 4.28. The summed E-state index contributed by atoms with van der Waals surface area (Å²) >= 11 is 0. The Morgan fingerprint density at radius 1 is 1.45 bits per heavy atom. The second kappa shape index (κ2) is 6.64. The normalized spacial score (nSPS) is 11.8. The van der Waals surface area contributed by atoms with E-state index in [0.29, 0.717) is 6.54 Å². The van der Waals surface area contributed by atoms with Crippen LogP contribution in [0.25, 0.3) is 0 Å². The van der Waals surface area contributed by atoms with Gasteiger partial charge in [0.25, 0.3) is 5.69 Å². The van der Waals surface area contributed by atoms with Gasteiger partial charge in [-0.2, -0.15) is 0 Å². The van der Waals surface area contributed by atoms with Gasteiger partial charge in [0.1, 0.15) is 0 Å². The molecule has 0 heterocycles. The number of benzene rings is 1. The molecule has 0 aliphatic rings. The minimum atomic E-state index is -3.93. The highest BCUT2D eigenvalue weighted by atomic mass is 32.2. The van der Waals surface area contributed by atoms with Gasteiger partial charge in [0.05, 0.1) is 4.92 Å². The monoisotopic (exact) mass is 302 g/mol. The van der Waals surface area contributed by atoms with Crippen molar-refractivity contribution in [3.05, 3.63) is 28.3 Å². The lowest BCUT2D eigenvalue weighted by Gasteiger charge is -2.14. The van der Waals surface area contributed by atoms with Crippen LogP contribution in [0.5, 0.6) is 0 Å². The molecule has 3 N–H and O–H groups in total. The van der Waals surface area contributed by atoms with Crippen LogP contribution in [0, 0.1) is 10.1 Å². The van der Waals surface area contributed by atoms with E-state index in [1.165, 1.54) is 6.07 Å². The molecular weight excluding hydrogens is 284 g/mol. The van der Waals surface area contributed by atoms with Crippen LogP contribution in [0.15, 0.2) is 23.1 Å². The Labute approximate surface area is 117 Å². The van der Waals surface area contributed by atoms with Crippen LogP contribution in [-0.4, -0.2) is 44.9 Å². The maximum absolute atomic E-state index is 12.1. The van der Waals surface area contributed by atoms with Crippen LogP contribution in [0.2, 0.25) is 0 Å². The molecule has 0 amide bonds. The van der Waals surface area contributed by atoms with Gasteiger partial charge in [-0.05, 0) is 25.7 Å². The molecule has 1 rings (SSSR count). The van der Waals surface area contributed by atoms with E-state index in [1.807, 2.05) is 18.9 Å². The lowest BCUT2D eigenvalue weighted by molar-refractivity contribution is -0.387. The van der Waals surface area contributed by atoms with Gasteiger partial charge in [-0.15, -0.1) is 0 Å². The minimum Gasteiger partial charge on any atom is -0.399 e. The molecular formula is C11H18N4O4S. The van der Waals surface area contributed by atoms with Crippen molar-refractivity contribution in [1.82, 2.24) is 9.62 Å². The molecule has 0 fully saturated rings. The summed E-state index contributed by atoms with van der Waals surface area (Å²) in [5, 5.41) is 10.9. The standard InChI is InChI=1S/C11H18N4O4S/c1-3-14(2)7-6-13-20(18,19)11-5-4-9(12)8-10(11)15(16)17/h4-5,8,13H,3,6-7,12H2,1-2H3. The zero-order valence-electron chi connectivity index (χ0n) is 11.4. The zero-order chi connectivity index (χ0) is 15.3. The SMILES string of the molecule is CCN(C)CCNS(=O)(=O)c1ccc(N)cc1[N+](=O)[O-]. The Hall–Kier alpha value is -1.71. The molecule has 112 valence electrons. The Morgan fingerprint density at radius 3 is 2.65 bits per heavy atom. The van der Waals surface area contributed by atoms with E-state index in [9.17, 15) is 18.5 Å². The highest BCUT2D eigenvalue weighted by Gasteiger charge is 2.25. The number of nitrogens with two attached hydrogens (primary N) is 1. The smallest absolute Gasteiger partial charge is 0.291 e. The predicted octanol–water partition coefficient (Wildman–Crippen LogP) is 0.407. The molecule has 0 atom stereocenters. The molecule has 1 aromatic rings. The summed E-state index contributed by atoms with van der Waals surface area (Å²) < 4.78 is 26.5. The molecule has 0 radical (unpaired) electrons. The Balaban J connectivity index is 2.95. The molecule has 8 nitrogen and oxygen atoms in total. The van der Waals surface area contributed by atoms with Gasteiger partial charge >= 0.3 is 0 Å². The fourth-order valence-corrected chi connectivity index (χ4v) is 2.68. The Kier molecular flexibility index (Phi) is 5.43. The number of nitro groups is 1. The third kappa shape index (κ3) is 4.15. The van der Waals surface area contributed by atoms with Gasteiger partial charge in [0, 0.05) is 24.8 Å². The average Bonchev–Trinajstić information content (AvgIpc) is 2.37. The van der Waals surface area contributed by atoms with E-state index in [1.54, 1.807) is 0 Å². The molecule has 0 aromatic heterocycles. The number of likely N-dealkylation sites (N-methyl/N-ethyl adjacent to an activating group) is 1. The van der Waals surface area contributed by atoms with Crippen LogP contribution >= 0.6 is 0 Å². The molecule has 0 saturated carbocycles. The zero-order valence-corrected chi connectivity index (χ0v) is 12.2. The molecule has 0 unspecified atom stereocenters. The van der Waals surface area contributed by atoms with Crippen LogP contribution in [0.3, 0.4) is 0 Å². The van der Waals surface area contributed by atoms with Crippen molar-refractivity contribution in [1.29, 1.82) is 0 Å². The van der Waals surface area contributed by atoms with E-state index in [-0.39, 0.29) is 17.1 Å². The lowest BCUT2D eigenvalue weighted by atomic mass is 10.3. The number of nitro benzene ring substituents is 1. The predicted molar refractivity (Wildman–Crippen MR) is 75.9 cm³/mol. The number of rotatable bonds is 7. The number of nitrogen functional groups attached to an aromatic ring is 1. The van der Waals surface area contributed by atoms with Gasteiger partial charge < -0.3 is 10.6 Å². The van der Waals surface area contributed by atoms with Gasteiger partial charge in [0.15, 0.2) is 4.90 Å². The molecule has 9 heteroatoms. The second-order valence-corrected chi connectivity index (χ2v) is 6.01. The maximum Gasteiger partial charge on any atom is 0.291 e. The molecule has 0 aliphatic carbocycles. The van der Waals surface area contributed by atoms with Crippen LogP contribution in [0.1, 0.15) is 6.92 Å². The highest BCUT2D eigenvalue weighted by Crippen LogP contribution is 2.25. The fourth-order valence-electron chi connectivity index (χ4n) is 1.51. The van der Waals surface area contributed by atoms with E-state index in [0.717, 1.165) is 18.7 Å². The van der Waals surface area contributed by atoms with E-state index >= 15 is 0 Å². The number of nitrogens with one attached hydrogen (secondary N) is 1. The van der Waals surface area contributed by atoms with Crippen molar-refractivity contribution < 1.29 is 13.3 Å².